The largest absolute Gasteiger partial charge is 0.397 e. The fourth-order valence-electron chi connectivity index (χ4n) is 2.79. The van der Waals surface area contributed by atoms with E-state index in [1.54, 1.807) is 0 Å². The van der Waals surface area contributed by atoms with Crippen LogP contribution in [0, 0.1) is 12.8 Å². The SMILES string of the molecule is CCCC1CCN(c2c(C)cccc2N)C1. The maximum atomic E-state index is 6.08. The van der Waals surface area contributed by atoms with Crippen LogP contribution >= 0.6 is 0 Å². The quantitative estimate of drug-likeness (QED) is 0.789. The molecule has 0 radical (unpaired) electrons. The molecule has 0 aromatic heterocycles. The van der Waals surface area contributed by atoms with Gasteiger partial charge in [0.1, 0.15) is 0 Å². The second-order valence-electron chi connectivity index (χ2n) is 4.90. The average molecular weight is 218 g/mol. The van der Waals surface area contributed by atoms with E-state index in [0.717, 1.165) is 11.6 Å². The van der Waals surface area contributed by atoms with Crippen LogP contribution in [0.15, 0.2) is 18.2 Å². The fraction of sp³-hybridized carbons (Fsp3) is 0.571. The Morgan fingerprint density at radius 1 is 1.44 bits per heavy atom. The summed E-state index contributed by atoms with van der Waals surface area (Å²) in [5.74, 6) is 0.865. The molecule has 2 N–H and O–H groups in total. The third-order valence-corrected chi connectivity index (χ3v) is 3.57. The van der Waals surface area contributed by atoms with Crippen LogP contribution in [0.25, 0.3) is 0 Å². The minimum absolute atomic E-state index is 0.865. The summed E-state index contributed by atoms with van der Waals surface area (Å²) in [5.41, 5.74) is 9.57. The van der Waals surface area contributed by atoms with Crippen LogP contribution in [0.4, 0.5) is 11.4 Å². The van der Waals surface area contributed by atoms with Gasteiger partial charge in [0.25, 0.3) is 0 Å². The highest BCUT2D eigenvalue weighted by atomic mass is 15.2. The number of nitrogens with zero attached hydrogens (tertiary/aromatic N) is 1. The third-order valence-electron chi connectivity index (χ3n) is 3.57. The van der Waals surface area contributed by atoms with Crippen LogP contribution in [-0.2, 0) is 0 Å². The zero-order valence-electron chi connectivity index (χ0n) is 10.4. The summed E-state index contributed by atoms with van der Waals surface area (Å²) < 4.78 is 0. The van der Waals surface area contributed by atoms with E-state index in [2.05, 4.69) is 24.8 Å². The lowest BCUT2D eigenvalue weighted by atomic mass is 10.0. The molecule has 1 heterocycles. The number of para-hydroxylation sites is 1. The third kappa shape index (κ3) is 2.16. The minimum atomic E-state index is 0.865. The molecule has 0 saturated carbocycles. The van der Waals surface area contributed by atoms with E-state index in [-0.39, 0.29) is 0 Å². The highest BCUT2D eigenvalue weighted by molar-refractivity contribution is 5.71. The topological polar surface area (TPSA) is 29.3 Å². The molecule has 1 atom stereocenters. The van der Waals surface area contributed by atoms with E-state index < -0.39 is 0 Å². The monoisotopic (exact) mass is 218 g/mol. The van der Waals surface area contributed by atoms with Crippen LogP contribution in [-0.4, -0.2) is 13.1 Å². The van der Waals surface area contributed by atoms with Gasteiger partial charge < -0.3 is 10.6 Å². The number of benzene rings is 1. The lowest BCUT2D eigenvalue weighted by Gasteiger charge is -2.22. The summed E-state index contributed by atoms with van der Waals surface area (Å²) in [4.78, 5) is 2.46. The van der Waals surface area contributed by atoms with Crippen LogP contribution in [0.5, 0.6) is 0 Å². The zero-order chi connectivity index (χ0) is 11.5. The molecule has 0 bridgehead atoms. The first kappa shape index (κ1) is 11.3. The molecule has 1 unspecified atom stereocenters. The van der Waals surface area contributed by atoms with Crippen LogP contribution in [0.2, 0.25) is 0 Å². The molecule has 1 aromatic rings. The van der Waals surface area contributed by atoms with E-state index in [1.165, 1.54) is 43.6 Å². The Labute approximate surface area is 98.4 Å². The van der Waals surface area contributed by atoms with Crippen LogP contribution in [0.3, 0.4) is 0 Å². The Morgan fingerprint density at radius 3 is 2.94 bits per heavy atom. The summed E-state index contributed by atoms with van der Waals surface area (Å²) in [6, 6.07) is 6.20. The van der Waals surface area contributed by atoms with Gasteiger partial charge in [-0.3, -0.25) is 0 Å². The van der Waals surface area contributed by atoms with Crippen molar-refractivity contribution in [2.24, 2.45) is 5.92 Å². The Kier molecular flexibility index (Phi) is 3.37. The van der Waals surface area contributed by atoms with Gasteiger partial charge in [0.05, 0.1) is 11.4 Å². The molecule has 16 heavy (non-hydrogen) atoms. The molecule has 2 rings (SSSR count). The lowest BCUT2D eigenvalue weighted by molar-refractivity contribution is 0.530. The first-order valence-electron chi connectivity index (χ1n) is 6.32. The second kappa shape index (κ2) is 4.77. The van der Waals surface area contributed by atoms with Crippen molar-refractivity contribution in [1.29, 1.82) is 0 Å². The van der Waals surface area contributed by atoms with Crippen molar-refractivity contribution in [3.05, 3.63) is 23.8 Å². The molecule has 0 aliphatic carbocycles. The lowest BCUT2D eigenvalue weighted by Crippen LogP contribution is -2.21. The van der Waals surface area contributed by atoms with Gasteiger partial charge in [-0.2, -0.15) is 0 Å². The first-order valence-corrected chi connectivity index (χ1v) is 6.32. The van der Waals surface area contributed by atoms with Gasteiger partial charge in [-0.1, -0.05) is 25.5 Å². The highest BCUT2D eigenvalue weighted by Crippen LogP contribution is 2.32. The number of nitrogen functional groups attached to an aromatic ring is 1. The van der Waals surface area contributed by atoms with Crippen molar-refractivity contribution in [3.8, 4) is 0 Å². The number of rotatable bonds is 3. The van der Waals surface area contributed by atoms with Gasteiger partial charge >= 0.3 is 0 Å². The van der Waals surface area contributed by atoms with Crippen molar-refractivity contribution in [1.82, 2.24) is 0 Å². The van der Waals surface area contributed by atoms with E-state index in [9.17, 15) is 0 Å². The number of anilines is 2. The van der Waals surface area contributed by atoms with Crippen LogP contribution in [0.1, 0.15) is 31.7 Å². The maximum absolute atomic E-state index is 6.08. The molecular weight excluding hydrogens is 196 g/mol. The number of hydrogen-bond acceptors (Lipinski definition) is 2. The predicted molar refractivity (Wildman–Crippen MR) is 70.8 cm³/mol. The van der Waals surface area contributed by atoms with Crippen molar-refractivity contribution in [2.45, 2.75) is 33.1 Å². The molecule has 0 amide bonds. The molecule has 0 spiro atoms. The molecule has 1 fully saturated rings. The van der Waals surface area contributed by atoms with Crippen molar-refractivity contribution >= 4 is 11.4 Å². The van der Waals surface area contributed by atoms with Gasteiger partial charge in [0, 0.05) is 13.1 Å². The Morgan fingerprint density at radius 2 is 2.25 bits per heavy atom. The minimum Gasteiger partial charge on any atom is -0.397 e. The predicted octanol–water partition coefficient (Wildman–Crippen LogP) is 3.20. The van der Waals surface area contributed by atoms with E-state index >= 15 is 0 Å². The molecule has 88 valence electrons. The van der Waals surface area contributed by atoms with Gasteiger partial charge in [0.15, 0.2) is 0 Å². The number of aryl methyl sites for hydroxylation is 1. The Hall–Kier alpha value is -1.18. The maximum Gasteiger partial charge on any atom is 0.0629 e. The Balaban J connectivity index is 2.14. The Bertz CT molecular complexity index is 340. The molecule has 1 aliphatic rings. The summed E-state index contributed by atoms with van der Waals surface area (Å²) in [6.45, 7) is 6.77. The molecule has 1 aliphatic heterocycles. The molecule has 2 nitrogen and oxygen atoms in total. The molecule has 1 aromatic carbocycles. The van der Waals surface area contributed by atoms with E-state index in [0.29, 0.717) is 0 Å². The van der Waals surface area contributed by atoms with Gasteiger partial charge in [-0.25, -0.2) is 0 Å². The van der Waals surface area contributed by atoms with Crippen molar-refractivity contribution in [2.75, 3.05) is 23.7 Å². The van der Waals surface area contributed by atoms with E-state index in [1.807, 2.05) is 12.1 Å². The summed E-state index contributed by atoms with van der Waals surface area (Å²) >= 11 is 0. The normalized spacial score (nSPS) is 20.4. The highest BCUT2D eigenvalue weighted by Gasteiger charge is 2.23. The number of nitrogens with two attached hydrogens (primary N) is 1. The van der Waals surface area contributed by atoms with Crippen molar-refractivity contribution in [3.63, 3.8) is 0 Å². The van der Waals surface area contributed by atoms with Gasteiger partial charge in [0.2, 0.25) is 0 Å². The standard InChI is InChI=1S/C14H22N2/c1-3-5-12-8-9-16(10-12)14-11(2)6-4-7-13(14)15/h4,6-7,12H,3,5,8-10,15H2,1-2H3. The first-order chi connectivity index (χ1) is 7.72. The zero-order valence-corrected chi connectivity index (χ0v) is 10.4. The summed E-state index contributed by atoms with van der Waals surface area (Å²) in [7, 11) is 0. The average Bonchev–Trinajstić information content (AvgIpc) is 2.67. The molecule has 1 saturated heterocycles. The number of hydrogen-bond donors (Lipinski definition) is 1. The fourth-order valence-corrected chi connectivity index (χ4v) is 2.79. The van der Waals surface area contributed by atoms with E-state index in [4.69, 9.17) is 5.73 Å². The van der Waals surface area contributed by atoms with Crippen molar-refractivity contribution < 1.29 is 0 Å². The van der Waals surface area contributed by atoms with Gasteiger partial charge in [-0.15, -0.1) is 0 Å². The smallest absolute Gasteiger partial charge is 0.0629 e. The van der Waals surface area contributed by atoms with Crippen LogP contribution < -0.4 is 10.6 Å². The molecular formula is C14H22N2. The second-order valence-corrected chi connectivity index (χ2v) is 4.90. The summed E-state index contributed by atoms with van der Waals surface area (Å²) in [6.07, 6.45) is 3.96. The summed E-state index contributed by atoms with van der Waals surface area (Å²) in [5, 5.41) is 0. The molecule has 2 heteroatoms. The van der Waals surface area contributed by atoms with Gasteiger partial charge in [-0.05, 0) is 37.3 Å².